The van der Waals surface area contributed by atoms with Crippen molar-refractivity contribution >= 4 is 11.6 Å². The van der Waals surface area contributed by atoms with Gasteiger partial charge in [-0.2, -0.15) is 0 Å². The van der Waals surface area contributed by atoms with Gasteiger partial charge in [0.25, 0.3) is 0 Å². The minimum absolute atomic E-state index is 0.324. The van der Waals surface area contributed by atoms with Crippen molar-refractivity contribution in [1.29, 1.82) is 0 Å². The zero-order valence-electron chi connectivity index (χ0n) is 12.3. The van der Waals surface area contributed by atoms with Crippen LogP contribution in [0.15, 0.2) is 28.9 Å². The first-order chi connectivity index (χ1) is 9.71. The number of hydrogen-bond acceptors (Lipinski definition) is 5. The van der Waals surface area contributed by atoms with Crippen molar-refractivity contribution in [3.63, 3.8) is 0 Å². The number of hydrogen-bond donors (Lipinski definition) is 2. The number of aryl methyl sites for hydroxylation is 2. The maximum absolute atomic E-state index is 5.34. The quantitative estimate of drug-likeness (QED) is 0.812. The first kappa shape index (κ1) is 14.4. The Morgan fingerprint density at radius 1 is 1.30 bits per heavy atom. The van der Waals surface area contributed by atoms with Crippen LogP contribution in [-0.4, -0.2) is 23.1 Å². The first-order valence-corrected chi connectivity index (χ1v) is 7.06. The monoisotopic (exact) mass is 274 g/mol. The van der Waals surface area contributed by atoms with E-state index in [1.54, 1.807) is 6.26 Å². The van der Waals surface area contributed by atoms with Gasteiger partial charge in [0.15, 0.2) is 0 Å². The predicted octanol–water partition coefficient (Wildman–Crippen LogP) is 3.11. The summed E-state index contributed by atoms with van der Waals surface area (Å²) in [5.74, 6) is 3.58. The molecular formula is C15H22N4O. The third kappa shape index (κ3) is 3.98. The fourth-order valence-electron chi connectivity index (χ4n) is 2.00. The van der Waals surface area contributed by atoms with Crippen LogP contribution in [0.4, 0.5) is 11.6 Å². The van der Waals surface area contributed by atoms with Crippen molar-refractivity contribution in [2.45, 2.75) is 39.2 Å². The van der Waals surface area contributed by atoms with Gasteiger partial charge in [-0.15, -0.1) is 0 Å². The van der Waals surface area contributed by atoms with Crippen molar-refractivity contribution in [3.05, 3.63) is 36.0 Å². The molecule has 2 aromatic heterocycles. The summed E-state index contributed by atoms with van der Waals surface area (Å²) in [5, 5.41) is 6.48. The minimum atomic E-state index is 0.324. The lowest BCUT2D eigenvalue weighted by molar-refractivity contribution is 0.495. The van der Waals surface area contributed by atoms with Gasteiger partial charge in [-0.3, -0.25) is 0 Å². The van der Waals surface area contributed by atoms with E-state index in [4.69, 9.17) is 4.42 Å². The average molecular weight is 274 g/mol. The Kier molecular flexibility index (Phi) is 4.98. The van der Waals surface area contributed by atoms with Crippen LogP contribution in [0, 0.1) is 0 Å². The van der Waals surface area contributed by atoms with Gasteiger partial charge in [0, 0.05) is 32.0 Å². The highest BCUT2D eigenvalue weighted by Gasteiger charge is 2.07. The molecule has 2 N–H and O–H groups in total. The second kappa shape index (κ2) is 6.93. The van der Waals surface area contributed by atoms with E-state index < -0.39 is 0 Å². The third-order valence-corrected chi connectivity index (χ3v) is 3.14. The Morgan fingerprint density at radius 3 is 2.75 bits per heavy atom. The van der Waals surface area contributed by atoms with Crippen LogP contribution in [-0.2, 0) is 12.8 Å². The summed E-state index contributed by atoms with van der Waals surface area (Å²) in [4.78, 5) is 8.89. The van der Waals surface area contributed by atoms with E-state index in [0.29, 0.717) is 6.04 Å². The summed E-state index contributed by atoms with van der Waals surface area (Å²) < 4.78 is 5.34. The summed E-state index contributed by atoms with van der Waals surface area (Å²) in [6, 6.07) is 6.18. The highest BCUT2D eigenvalue weighted by Crippen LogP contribution is 2.14. The van der Waals surface area contributed by atoms with Crippen LogP contribution in [0.1, 0.15) is 31.9 Å². The fourth-order valence-corrected chi connectivity index (χ4v) is 2.00. The summed E-state index contributed by atoms with van der Waals surface area (Å²) >= 11 is 0. The molecule has 0 fully saturated rings. The van der Waals surface area contributed by atoms with Gasteiger partial charge in [-0.25, -0.2) is 9.97 Å². The van der Waals surface area contributed by atoms with Gasteiger partial charge < -0.3 is 15.1 Å². The van der Waals surface area contributed by atoms with Crippen molar-refractivity contribution in [3.8, 4) is 0 Å². The molecule has 0 amide bonds. The molecule has 20 heavy (non-hydrogen) atoms. The van der Waals surface area contributed by atoms with E-state index in [1.165, 1.54) is 0 Å². The fraction of sp³-hybridized carbons (Fsp3) is 0.467. The number of aromatic nitrogens is 2. The van der Waals surface area contributed by atoms with E-state index in [9.17, 15) is 0 Å². The smallest absolute Gasteiger partial charge is 0.132 e. The Hall–Kier alpha value is -2.04. The molecule has 2 rings (SSSR count). The lowest BCUT2D eigenvalue weighted by Gasteiger charge is -2.15. The third-order valence-electron chi connectivity index (χ3n) is 3.14. The molecule has 0 saturated heterocycles. The van der Waals surface area contributed by atoms with E-state index in [1.807, 2.05) is 25.2 Å². The van der Waals surface area contributed by atoms with Gasteiger partial charge in [-0.1, -0.05) is 6.92 Å². The molecule has 1 atom stereocenters. The molecular weight excluding hydrogens is 252 g/mol. The average Bonchev–Trinajstić information content (AvgIpc) is 2.98. The summed E-state index contributed by atoms with van der Waals surface area (Å²) in [5.41, 5.74) is 0. The van der Waals surface area contributed by atoms with Gasteiger partial charge >= 0.3 is 0 Å². The molecule has 0 aliphatic heterocycles. The topological polar surface area (TPSA) is 63.0 Å². The van der Waals surface area contributed by atoms with E-state index in [2.05, 4.69) is 34.4 Å². The highest BCUT2D eigenvalue weighted by molar-refractivity contribution is 5.47. The normalized spacial score (nSPS) is 12.2. The first-order valence-electron chi connectivity index (χ1n) is 7.06. The number of rotatable bonds is 7. The Balaban J connectivity index is 1.94. The summed E-state index contributed by atoms with van der Waals surface area (Å²) in [6.07, 6.45) is 4.45. The van der Waals surface area contributed by atoms with Gasteiger partial charge in [0.1, 0.15) is 23.2 Å². The van der Waals surface area contributed by atoms with Crippen molar-refractivity contribution in [2.24, 2.45) is 0 Å². The maximum atomic E-state index is 5.34. The molecule has 108 valence electrons. The van der Waals surface area contributed by atoms with Crippen LogP contribution < -0.4 is 10.6 Å². The van der Waals surface area contributed by atoms with Gasteiger partial charge in [0.2, 0.25) is 0 Å². The molecule has 0 spiro atoms. The SMILES string of the molecule is CCc1nc(NC)cc(NC(C)CCc2ccco2)n1. The lowest BCUT2D eigenvalue weighted by atomic mass is 10.1. The molecule has 0 aromatic carbocycles. The van der Waals surface area contributed by atoms with E-state index >= 15 is 0 Å². The number of nitrogens with zero attached hydrogens (tertiary/aromatic N) is 2. The number of furan rings is 1. The second-order valence-electron chi connectivity index (χ2n) is 4.82. The number of anilines is 2. The second-order valence-corrected chi connectivity index (χ2v) is 4.82. The molecule has 0 aliphatic carbocycles. The molecule has 2 heterocycles. The van der Waals surface area contributed by atoms with E-state index in [0.717, 1.165) is 42.5 Å². The molecule has 0 aliphatic rings. The zero-order chi connectivity index (χ0) is 14.4. The van der Waals surface area contributed by atoms with Gasteiger partial charge in [-0.05, 0) is 25.5 Å². The molecule has 1 unspecified atom stereocenters. The number of nitrogens with one attached hydrogen (secondary N) is 2. The highest BCUT2D eigenvalue weighted by atomic mass is 16.3. The largest absolute Gasteiger partial charge is 0.469 e. The van der Waals surface area contributed by atoms with Crippen LogP contribution in [0.25, 0.3) is 0 Å². The van der Waals surface area contributed by atoms with Crippen LogP contribution in [0.5, 0.6) is 0 Å². The Bertz CT molecular complexity index is 502. The Labute approximate surface area is 119 Å². The van der Waals surface area contributed by atoms with Crippen LogP contribution in [0.2, 0.25) is 0 Å². The molecule has 5 heteroatoms. The minimum Gasteiger partial charge on any atom is -0.469 e. The Morgan fingerprint density at radius 2 is 2.10 bits per heavy atom. The van der Waals surface area contributed by atoms with Crippen LogP contribution >= 0.6 is 0 Å². The zero-order valence-corrected chi connectivity index (χ0v) is 12.3. The summed E-state index contributed by atoms with van der Waals surface area (Å²) in [6.45, 7) is 4.20. The molecule has 0 saturated carbocycles. The van der Waals surface area contributed by atoms with Crippen LogP contribution in [0.3, 0.4) is 0 Å². The summed E-state index contributed by atoms with van der Waals surface area (Å²) in [7, 11) is 1.87. The van der Waals surface area contributed by atoms with E-state index in [-0.39, 0.29) is 0 Å². The molecule has 5 nitrogen and oxygen atoms in total. The molecule has 2 aromatic rings. The van der Waals surface area contributed by atoms with Crippen molar-refractivity contribution in [2.75, 3.05) is 17.7 Å². The lowest BCUT2D eigenvalue weighted by Crippen LogP contribution is -2.17. The molecule has 0 bridgehead atoms. The van der Waals surface area contributed by atoms with Crippen molar-refractivity contribution in [1.82, 2.24) is 9.97 Å². The predicted molar refractivity (Wildman–Crippen MR) is 81.1 cm³/mol. The van der Waals surface area contributed by atoms with Crippen molar-refractivity contribution < 1.29 is 4.42 Å². The maximum Gasteiger partial charge on any atom is 0.132 e. The molecule has 0 radical (unpaired) electrons. The standard InChI is InChI=1S/C15H22N4O/c1-4-13-18-14(16-3)10-15(19-13)17-11(2)7-8-12-6-5-9-20-12/h5-6,9-11H,4,7-8H2,1-3H3,(H2,16,17,18,19). The van der Waals surface area contributed by atoms with Gasteiger partial charge in [0.05, 0.1) is 6.26 Å².